The van der Waals surface area contributed by atoms with E-state index in [9.17, 15) is 0 Å². The summed E-state index contributed by atoms with van der Waals surface area (Å²) in [4.78, 5) is 0. The fourth-order valence-electron chi connectivity index (χ4n) is 0.979. The maximum atomic E-state index is 5.90. The third-order valence-electron chi connectivity index (χ3n) is 2.71. The normalized spacial score (nSPS) is 14.5. The average Bonchev–Trinajstić information content (AvgIpc) is 2.20. The average molecular weight is 226 g/mol. The van der Waals surface area contributed by atoms with E-state index >= 15 is 0 Å². The van der Waals surface area contributed by atoms with Crippen LogP contribution in [-0.2, 0) is 0 Å². The molecule has 0 heterocycles. The maximum absolute atomic E-state index is 5.90. The van der Waals surface area contributed by atoms with Crippen LogP contribution in [0.1, 0.15) is 33.6 Å². The van der Waals surface area contributed by atoms with Crippen molar-refractivity contribution >= 4 is 23.2 Å². The van der Waals surface area contributed by atoms with Gasteiger partial charge in [-0.2, -0.15) is 0 Å². The van der Waals surface area contributed by atoms with Gasteiger partial charge in [0.15, 0.2) is 0 Å². The first-order chi connectivity index (χ1) is 6.14. The van der Waals surface area contributed by atoms with E-state index in [1.54, 1.807) is 0 Å². The van der Waals surface area contributed by atoms with Crippen LogP contribution in [0.4, 0.5) is 0 Å². The Kier molecular flexibility index (Phi) is 7.20. The highest BCUT2D eigenvalue weighted by Gasteiger charge is 2.25. The molecule has 0 aromatic carbocycles. The van der Waals surface area contributed by atoms with Crippen LogP contribution in [-0.4, -0.2) is 23.8 Å². The summed E-state index contributed by atoms with van der Waals surface area (Å²) in [5.41, 5.74) is -0.0630. The summed E-state index contributed by atoms with van der Waals surface area (Å²) in [5.74, 6) is 1.87. The molecule has 0 amide bonds. The molecule has 0 spiro atoms. The number of halogens is 2. The number of alkyl halides is 2. The Morgan fingerprint density at radius 1 is 1.23 bits per heavy atom. The van der Waals surface area contributed by atoms with Crippen molar-refractivity contribution in [2.24, 2.45) is 5.92 Å². The van der Waals surface area contributed by atoms with Crippen LogP contribution in [0.5, 0.6) is 0 Å². The lowest BCUT2D eigenvalue weighted by Gasteiger charge is -2.31. The Morgan fingerprint density at radius 2 is 1.77 bits per heavy atom. The smallest absolute Gasteiger partial charge is 0.0451 e. The number of nitrogens with one attached hydrogen (secondary N) is 1. The summed E-state index contributed by atoms with van der Waals surface area (Å²) >= 11 is 11.8. The first-order valence-electron chi connectivity index (χ1n) is 5.01. The molecular formula is C10H21Cl2N. The predicted octanol–water partition coefficient (Wildman–Crippen LogP) is 3.25. The molecule has 0 radical (unpaired) electrons. The van der Waals surface area contributed by atoms with Crippen LogP contribution < -0.4 is 5.32 Å². The van der Waals surface area contributed by atoms with Crippen LogP contribution in [0.25, 0.3) is 0 Å². The van der Waals surface area contributed by atoms with Crippen molar-refractivity contribution in [1.82, 2.24) is 5.32 Å². The van der Waals surface area contributed by atoms with Crippen LogP contribution in [0.3, 0.4) is 0 Å². The quantitative estimate of drug-likeness (QED) is 0.657. The van der Waals surface area contributed by atoms with Crippen molar-refractivity contribution in [1.29, 1.82) is 0 Å². The molecule has 0 saturated carbocycles. The maximum Gasteiger partial charge on any atom is 0.0451 e. The second-order valence-electron chi connectivity index (χ2n) is 3.80. The molecule has 0 aliphatic heterocycles. The highest BCUT2D eigenvalue weighted by atomic mass is 35.5. The van der Waals surface area contributed by atoms with Crippen molar-refractivity contribution in [3.63, 3.8) is 0 Å². The van der Waals surface area contributed by atoms with Gasteiger partial charge in [0.1, 0.15) is 0 Å². The zero-order valence-corrected chi connectivity index (χ0v) is 10.4. The van der Waals surface area contributed by atoms with Gasteiger partial charge < -0.3 is 5.32 Å². The molecule has 1 atom stereocenters. The van der Waals surface area contributed by atoms with Crippen molar-refractivity contribution in [2.45, 2.75) is 39.2 Å². The second kappa shape index (κ2) is 6.92. The largest absolute Gasteiger partial charge is 0.309 e. The highest BCUT2D eigenvalue weighted by Crippen LogP contribution is 2.15. The molecule has 0 rings (SSSR count). The first kappa shape index (κ1) is 13.5. The van der Waals surface area contributed by atoms with E-state index in [1.165, 1.54) is 6.42 Å². The molecule has 1 nitrogen and oxygen atoms in total. The van der Waals surface area contributed by atoms with Crippen LogP contribution in [0.15, 0.2) is 0 Å². The number of rotatable bonds is 7. The van der Waals surface area contributed by atoms with Gasteiger partial charge in [0.05, 0.1) is 0 Å². The molecule has 0 aliphatic carbocycles. The second-order valence-corrected chi connectivity index (χ2v) is 4.33. The Labute approximate surface area is 92.2 Å². The van der Waals surface area contributed by atoms with E-state index in [0.29, 0.717) is 17.7 Å². The zero-order chi connectivity index (χ0) is 10.3. The molecule has 0 aromatic heterocycles. The fourth-order valence-corrected chi connectivity index (χ4v) is 1.83. The Hall–Kier alpha value is 0.540. The Balaban J connectivity index is 3.95. The summed E-state index contributed by atoms with van der Waals surface area (Å²) in [6.07, 6.45) is 2.17. The minimum absolute atomic E-state index is 0.0630. The monoisotopic (exact) mass is 225 g/mol. The van der Waals surface area contributed by atoms with Gasteiger partial charge in [-0.25, -0.2) is 0 Å². The van der Waals surface area contributed by atoms with Gasteiger partial charge in [0, 0.05) is 17.3 Å². The van der Waals surface area contributed by atoms with Gasteiger partial charge in [0.2, 0.25) is 0 Å². The molecule has 0 fully saturated rings. The SMILES string of the molecule is CCC(C)CNC(CC)(CCl)CCl. The van der Waals surface area contributed by atoms with Gasteiger partial charge in [-0.3, -0.25) is 0 Å². The van der Waals surface area contributed by atoms with Crippen molar-refractivity contribution in [2.75, 3.05) is 18.3 Å². The molecule has 1 unspecified atom stereocenters. The van der Waals surface area contributed by atoms with Crippen molar-refractivity contribution in [3.05, 3.63) is 0 Å². The fraction of sp³-hybridized carbons (Fsp3) is 1.00. The third-order valence-corrected chi connectivity index (χ3v) is 3.73. The van der Waals surface area contributed by atoms with E-state index in [2.05, 4.69) is 26.1 Å². The summed E-state index contributed by atoms with van der Waals surface area (Å²) < 4.78 is 0. The minimum atomic E-state index is -0.0630. The molecule has 13 heavy (non-hydrogen) atoms. The summed E-state index contributed by atoms with van der Waals surface area (Å²) in [6, 6.07) is 0. The summed E-state index contributed by atoms with van der Waals surface area (Å²) in [7, 11) is 0. The van der Waals surface area contributed by atoms with E-state index in [0.717, 1.165) is 13.0 Å². The Morgan fingerprint density at radius 3 is 2.08 bits per heavy atom. The number of hydrogen-bond acceptors (Lipinski definition) is 1. The van der Waals surface area contributed by atoms with Gasteiger partial charge in [-0.1, -0.05) is 27.2 Å². The van der Waals surface area contributed by atoms with Crippen LogP contribution in [0.2, 0.25) is 0 Å². The highest BCUT2D eigenvalue weighted by molar-refractivity contribution is 6.22. The molecule has 1 N–H and O–H groups in total. The van der Waals surface area contributed by atoms with Crippen molar-refractivity contribution in [3.8, 4) is 0 Å². The standard InChI is InChI=1S/C10H21Cl2N/c1-4-9(3)6-13-10(5-2,7-11)8-12/h9,13H,4-8H2,1-3H3. The van der Waals surface area contributed by atoms with E-state index in [-0.39, 0.29) is 5.54 Å². The lowest BCUT2D eigenvalue weighted by Crippen LogP contribution is -2.49. The molecular weight excluding hydrogens is 205 g/mol. The van der Waals surface area contributed by atoms with Gasteiger partial charge >= 0.3 is 0 Å². The molecule has 3 heteroatoms. The molecule has 0 aromatic rings. The summed E-state index contributed by atoms with van der Waals surface area (Å²) in [6.45, 7) is 7.55. The van der Waals surface area contributed by atoms with Gasteiger partial charge in [0.25, 0.3) is 0 Å². The van der Waals surface area contributed by atoms with Gasteiger partial charge in [-0.15, -0.1) is 23.2 Å². The van der Waals surface area contributed by atoms with Crippen molar-refractivity contribution < 1.29 is 0 Å². The zero-order valence-electron chi connectivity index (χ0n) is 8.87. The Bertz CT molecular complexity index is 116. The van der Waals surface area contributed by atoms with E-state index in [1.807, 2.05) is 0 Å². The topological polar surface area (TPSA) is 12.0 Å². The minimum Gasteiger partial charge on any atom is -0.309 e. The lowest BCUT2D eigenvalue weighted by atomic mass is 9.99. The first-order valence-corrected chi connectivity index (χ1v) is 6.08. The predicted molar refractivity (Wildman–Crippen MR) is 61.9 cm³/mol. The van der Waals surface area contributed by atoms with Crippen LogP contribution >= 0.6 is 23.2 Å². The molecule has 0 aliphatic rings. The van der Waals surface area contributed by atoms with E-state index in [4.69, 9.17) is 23.2 Å². The molecule has 0 saturated heterocycles. The molecule has 0 bridgehead atoms. The lowest BCUT2D eigenvalue weighted by molar-refractivity contribution is 0.351. The molecule has 80 valence electrons. The third kappa shape index (κ3) is 4.53. The van der Waals surface area contributed by atoms with Gasteiger partial charge in [-0.05, 0) is 18.9 Å². The van der Waals surface area contributed by atoms with E-state index < -0.39 is 0 Å². The summed E-state index contributed by atoms with van der Waals surface area (Å²) in [5, 5.41) is 3.47. The number of hydrogen-bond donors (Lipinski definition) is 1. The van der Waals surface area contributed by atoms with Crippen LogP contribution in [0, 0.1) is 5.92 Å².